The van der Waals surface area contributed by atoms with Gasteiger partial charge in [0.2, 0.25) is 5.69 Å². The van der Waals surface area contributed by atoms with Crippen LogP contribution >= 0.6 is 0 Å². The minimum Gasteiger partial charge on any atom is -0.201 e. The summed E-state index contributed by atoms with van der Waals surface area (Å²) in [4.78, 5) is 0. The number of hydrogen-bond acceptors (Lipinski definition) is 0. The van der Waals surface area contributed by atoms with E-state index in [1.807, 2.05) is 0 Å². The van der Waals surface area contributed by atoms with E-state index >= 15 is 0 Å². The van der Waals surface area contributed by atoms with Crippen LogP contribution in [-0.4, -0.2) is 0 Å². The molecule has 2 aromatic carbocycles. The lowest BCUT2D eigenvalue weighted by Gasteiger charge is -2.19. The topological polar surface area (TPSA) is 3.88 Å². The minimum absolute atomic E-state index is 0.284. The third kappa shape index (κ3) is 4.13. The first-order chi connectivity index (χ1) is 12.7. The molecule has 0 radical (unpaired) electrons. The van der Waals surface area contributed by atoms with E-state index < -0.39 is 0 Å². The van der Waals surface area contributed by atoms with E-state index in [0.717, 1.165) is 6.42 Å². The van der Waals surface area contributed by atoms with Crippen LogP contribution in [-0.2, 0) is 13.5 Å². The zero-order valence-electron chi connectivity index (χ0n) is 17.9. The monoisotopic (exact) mass is 358 g/mol. The minimum atomic E-state index is 0.284. The highest BCUT2D eigenvalue weighted by atomic mass is 14.9. The Labute approximate surface area is 164 Å². The summed E-state index contributed by atoms with van der Waals surface area (Å²) in [6.07, 6.45) is 3.28. The van der Waals surface area contributed by atoms with E-state index in [2.05, 4.69) is 108 Å². The fourth-order valence-corrected chi connectivity index (χ4v) is 4.00. The van der Waals surface area contributed by atoms with Crippen LogP contribution in [0.5, 0.6) is 0 Å². The highest BCUT2D eigenvalue weighted by molar-refractivity contribution is 5.80. The molecule has 0 aliphatic rings. The van der Waals surface area contributed by atoms with Gasteiger partial charge in [-0.3, -0.25) is 0 Å². The summed E-state index contributed by atoms with van der Waals surface area (Å²) in [6, 6.07) is 17.9. The second-order valence-electron chi connectivity index (χ2n) is 9.01. The molecule has 27 heavy (non-hydrogen) atoms. The molecule has 0 aliphatic heterocycles. The van der Waals surface area contributed by atoms with Crippen molar-refractivity contribution in [3.8, 4) is 22.4 Å². The molecule has 1 heteroatoms. The van der Waals surface area contributed by atoms with Crippen molar-refractivity contribution in [1.29, 1.82) is 0 Å². The standard InChI is InChI=1S/C26H32N/c1-18-10-8-9-11-22(18)25-19(2)12-13-23(20(25)3)24-16-21(14-15-27(24)7)17-26(4,5)6/h8-16H,17H2,1-7H3/q+1. The molecule has 1 nitrogen and oxygen atoms in total. The molecule has 0 amide bonds. The summed E-state index contributed by atoms with van der Waals surface area (Å²) >= 11 is 0. The van der Waals surface area contributed by atoms with Gasteiger partial charge in [-0.05, 0) is 72.1 Å². The van der Waals surface area contributed by atoms with Crippen molar-refractivity contribution in [2.24, 2.45) is 12.5 Å². The van der Waals surface area contributed by atoms with Crippen LogP contribution in [0, 0.1) is 26.2 Å². The van der Waals surface area contributed by atoms with Crippen molar-refractivity contribution < 1.29 is 4.57 Å². The van der Waals surface area contributed by atoms with Gasteiger partial charge in [-0.25, -0.2) is 4.57 Å². The molecule has 3 rings (SSSR count). The molecule has 0 atom stereocenters. The Bertz CT molecular complexity index is 974. The zero-order valence-corrected chi connectivity index (χ0v) is 17.9. The largest absolute Gasteiger partial charge is 0.212 e. The van der Waals surface area contributed by atoms with Crippen LogP contribution < -0.4 is 4.57 Å². The van der Waals surface area contributed by atoms with E-state index in [0.29, 0.717) is 0 Å². The molecule has 1 heterocycles. The molecule has 0 N–H and O–H groups in total. The highest BCUT2D eigenvalue weighted by Gasteiger charge is 2.20. The Morgan fingerprint density at radius 1 is 0.815 bits per heavy atom. The van der Waals surface area contributed by atoms with Crippen molar-refractivity contribution >= 4 is 0 Å². The first kappa shape index (κ1) is 19.4. The smallest absolute Gasteiger partial charge is 0.201 e. The van der Waals surface area contributed by atoms with Gasteiger partial charge in [0.15, 0.2) is 6.20 Å². The third-order valence-corrected chi connectivity index (χ3v) is 5.31. The number of nitrogens with zero attached hydrogens (tertiary/aromatic N) is 1. The Morgan fingerprint density at radius 3 is 2.19 bits per heavy atom. The number of aryl methyl sites for hydroxylation is 3. The summed E-state index contributed by atoms with van der Waals surface area (Å²) in [5.41, 5.74) is 11.0. The lowest BCUT2D eigenvalue weighted by Crippen LogP contribution is -2.31. The molecular formula is C26H32N+. The van der Waals surface area contributed by atoms with Crippen LogP contribution in [0.3, 0.4) is 0 Å². The number of rotatable bonds is 3. The van der Waals surface area contributed by atoms with Gasteiger partial charge in [0.05, 0.1) is 0 Å². The van der Waals surface area contributed by atoms with Crippen molar-refractivity contribution in [1.82, 2.24) is 0 Å². The summed E-state index contributed by atoms with van der Waals surface area (Å²) in [6.45, 7) is 13.6. The molecular weight excluding hydrogens is 326 g/mol. The number of hydrogen-bond donors (Lipinski definition) is 0. The summed E-state index contributed by atoms with van der Waals surface area (Å²) in [7, 11) is 2.14. The van der Waals surface area contributed by atoms with Gasteiger partial charge in [-0.2, -0.15) is 0 Å². The fraction of sp³-hybridized carbons (Fsp3) is 0.346. The average molecular weight is 359 g/mol. The van der Waals surface area contributed by atoms with E-state index in [4.69, 9.17) is 0 Å². The summed E-state index contributed by atoms with van der Waals surface area (Å²) in [5.74, 6) is 0. The van der Waals surface area contributed by atoms with Gasteiger partial charge in [0.1, 0.15) is 7.05 Å². The molecule has 0 aliphatic carbocycles. The SMILES string of the molecule is Cc1ccccc1-c1c(C)ccc(-c2cc(CC(C)(C)C)cc[n+]2C)c1C. The van der Waals surface area contributed by atoms with Gasteiger partial charge in [-0.15, -0.1) is 0 Å². The maximum absolute atomic E-state index is 2.37. The Morgan fingerprint density at radius 2 is 1.52 bits per heavy atom. The molecule has 0 unspecified atom stereocenters. The normalized spacial score (nSPS) is 11.7. The van der Waals surface area contributed by atoms with E-state index in [1.54, 1.807) is 0 Å². The second kappa shape index (κ2) is 7.31. The Kier molecular flexibility index (Phi) is 5.24. The molecule has 0 saturated heterocycles. The van der Waals surface area contributed by atoms with E-state index in [1.165, 1.54) is 44.6 Å². The predicted octanol–water partition coefficient (Wildman–Crippen LogP) is 6.36. The third-order valence-electron chi connectivity index (χ3n) is 5.31. The van der Waals surface area contributed by atoms with Crippen LogP contribution in [0.1, 0.15) is 43.0 Å². The van der Waals surface area contributed by atoms with E-state index in [-0.39, 0.29) is 5.41 Å². The maximum atomic E-state index is 2.37. The van der Waals surface area contributed by atoms with Gasteiger partial charge < -0.3 is 0 Å². The second-order valence-corrected chi connectivity index (χ2v) is 9.01. The number of pyridine rings is 1. The molecule has 0 saturated carbocycles. The summed E-state index contributed by atoms with van der Waals surface area (Å²) < 4.78 is 2.24. The van der Waals surface area contributed by atoms with Gasteiger partial charge >= 0.3 is 0 Å². The average Bonchev–Trinajstić information content (AvgIpc) is 2.57. The van der Waals surface area contributed by atoms with Gasteiger partial charge in [-0.1, -0.05) is 51.1 Å². The van der Waals surface area contributed by atoms with Crippen LogP contribution in [0.2, 0.25) is 0 Å². The van der Waals surface area contributed by atoms with Crippen LogP contribution in [0.4, 0.5) is 0 Å². The van der Waals surface area contributed by atoms with Crippen LogP contribution in [0.25, 0.3) is 22.4 Å². The number of aromatic nitrogens is 1. The van der Waals surface area contributed by atoms with Crippen molar-refractivity contribution in [3.63, 3.8) is 0 Å². The first-order valence-electron chi connectivity index (χ1n) is 9.82. The van der Waals surface area contributed by atoms with Crippen molar-refractivity contribution in [2.75, 3.05) is 0 Å². The van der Waals surface area contributed by atoms with Gasteiger partial charge in [0.25, 0.3) is 0 Å². The molecule has 0 spiro atoms. The van der Waals surface area contributed by atoms with Gasteiger partial charge in [0, 0.05) is 17.7 Å². The van der Waals surface area contributed by atoms with E-state index in [9.17, 15) is 0 Å². The number of benzene rings is 2. The first-order valence-corrected chi connectivity index (χ1v) is 9.82. The maximum Gasteiger partial charge on any atom is 0.212 e. The predicted molar refractivity (Wildman–Crippen MR) is 116 cm³/mol. The fourth-order valence-electron chi connectivity index (χ4n) is 4.00. The van der Waals surface area contributed by atoms with Crippen LogP contribution in [0.15, 0.2) is 54.7 Å². The van der Waals surface area contributed by atoms with Crippen molar-refractivity contribution in [2.45, 2.75) is 48.0 Å². The Hall–Kier alpha value is -2.41. The zero-order chi connectivity index (χ0) is 19.8. The molecule has 1 aromatic heterocycles. The quantitative estimate of drug-likeness (QED) is 0.480. The lowest BCUT2D eigenvalue weighted by atomic mass is 9.86. The molecule has 0 fully saturated rings. The highest BCUT2D eigenvalue weighted by Crippen LogP contribution is 2.35. The Balaban J connectivity index is 2.18. The molecule has 0 bridgehead atoms. The molecule has 140 valence electrons. The molecule has 3 aromatic rings. The van der Waals surface area contributed by atoms with Crippen molar-refractivity contribution in [3.05, 3.63) is 77.0 Å². The lowest BCUT2D eigenvalue weighted by molar-refractivity contribution is -0.660. The summed E-state index contributed by atoms with van der Waals surface area (Å²) in [5, 5.41) is 0.